The quantitative estimate of drug-likeness (QED) is 0.607. The molecule has 0 unspecified atom stereocenters. The van der Waals surface area contributed by atoms with Crippen molar-refractivity contribution in [3.05, 3.63) is 41.9 Å². The van der Waals surface area contributed by atoms with Crippen molar-refractivity contribution in [2.24, 2.45) is 5.10 Å². The van der Waals surface area contributed by atoms with Crippen LogP contribution in [0.4, 0.5) is 0 Å². The number of aromatic nitrogens is 1. The van der Waals surface area contributed by atoms with E-state index in [9.17, 15) is 0 Å². The highest BCUT2D eigenvalue weighted by molar-refractivity contribution is 6.09. The molecular formula is C9H8N3. The SMILES string of the molecule is CC1=CC(c2cccnc2)=N[N]1. The highest BCUT2D eigenvalue weighted by Gasteiger charge is 2.07. The first-order valence-corrected chi connectivity index (χ1v) is 3.73. The van der Waals surface area contributed by atoms with Gasteiger partial charge in [-0.15, -0.1) is 0 Å². The molecule has 1 aliphatic rings. The van der Waals surface area contributed by atoms with Gasteiger partial charge in [-0.2, -0.15) is 10.5 Å². The molecule has 0 saturated heterocycles. The first kappa shape index (κ1) is 7.03. The second-order valence-electron chi connectivity index (χ2n) is 2.61. The number of hydrogen-bond acceptors (Lipinski definition) is 2. The molecule has 59 valence electrons. The van der Waals surface area contributed by atoms with Crippen molar-refractivity contribution in [2.75, 3.05) is 0 Å². The molecule has 1 radical (unpaired) electrons. The molecule has 1 aromatic heterocycles. The predicted molar refractivity (Wildman–Crippen MR) is 46.7 cm³/mol. The van der Waals surface area contributed by atoms with Gasteiger partial charge in [-0.1, -0.05) is 0 Å². The van der Waals surface area contributed by atoms with Gasteiger partial charge in [0.1, 0.15) is 0 Å². The van der Waals surface area contributed by atoms with E-state index in [4.69, 9.17) is 0 Å². The summed E-state index contributed by atoms with van der Waals surface area (Å²) in [5.74, 6) is 0. The standard InChI is InChI=1S/C9H8N3/c1-7-5-9(12-11-7)8-3-2-4-10-6-8/h2-6H,1H3. The van der Waals surface area contributed by atoms with Crippen LogP contribution in [-0.2, 0) is 0 Å². The Hall–Kier alpha value is -1.64. The summed E-state index contributed by atoms with van der Waals surface area (Å²) >= 11 is 0. The third-order valence-corrected chi connectivity index (χ3v) is 1.62. The first-order chi connectivity index (χ1) is 5.86. The van der Waals surface area contributed by atoms with Gasteiger partial charge in [0.25, 0.3) is 0 Å². The molecule has 0 aliphatic carbocycles. The summed E-state index contributed by atoms with van der Waals surface area (Å²) in [5.41, 5.74) is 6.76. The van der Waals surface area contributed by atoms with Crippen molar-refractivity contribution in [3.8, 4) is 0 Å². The Morgan fingerprint density at radius 2 is 2.25 bits per heavy atom. The maximum absolute atomic E-state index is 4.00. The van der Waals surface area contributed by atoms with Crippen molar-refractivity contribution in [1.82, 2.24) is 10.4 Å². The Bertz CT molecular complexity index is 338. The van der Waals surface area contributed by atoms with Crippen molar-refractivity contribution in [2.45, 2.75) is 6.92 Å². The molecule has 0 bridgehead atoms. The largest absolute Gasteiger partial charge is 0.264 e. The van der Waals surface area contributed by atoms with E-state index in [1.165, 1.54) is 0 Å². The fourth-order valence-corrected chi connectivity index (χ4v) is 1.04. The Balaban J connectivity index is 2.34. The van der Waals surface area contributed by atoms with Gasteiger partial charge in [-0.25, -0.2) is 0 Å². The Labute approximate surface area is 70.8 Å². The van der Waals surface area contributed by atoms with Crippen LogP contribution < -0.4 is 5.43 Å². The minimum Gasteiger partial charge on any atom is -0.264 e. The lowest BCUT2D eigenvalue weighted by Gasteiger charge is -1.92. The van der Waals surface area contributed by atoms with E-state index in [1.807, 2.05) is 25.1 Å². The van der Waals surface area contributed by atoms with Gasteiger partial charge in [0, 0.05) is 18.0 Å². The summed E-state index contributed by atoms with van der Waals surface area (Å²) in [6.45, 7) is 1.92. The molecule has 1 aromatic rings. The number of hydrogen-bond donors (Lipinski definition) is 0. The fraction of sp³-hybridized carbons (Fsp3) is 0.111. The molecule has 0 fully saturated rings. The van der Waals surface area contributed by atoms with Crippen LogP contribution in [0.1, 0.15) is 12.5 Å². The molecule has 0 atom stereocenters. The number of nitrogens with zero attached hydrogens (tertiary/aromatic N) is 3. The molecule has 0 N–H and O–H groups in total. The van der Waals surface area contributed by atoms with Crippen LogP contribution in [0.25, 0.3) is 0 Å². The van der Waals surface area contributed by atoms with Crippen LogP contribution in [0.2, 0.25) is 0 Å². The topological polar surface area (TPSA) is 39.4 Å². The van der Waals surface area contributed by atoms with Gasteiger partial charge >= 0.3 is 0 Å². The highest BCUT2D eigenvalue weighted by atomic mass is 15.3. The van der Waals surface area contributed by atoms with E-state index in [0.717, 1.165) is 17.0 Å². The normalized spacial score (nSPS) is 15.1. The molecule has 0 saturated carbocycles. The maximum atomic E-state index is 4.00. The van der Waals surface area contributed by atoms with E-state index in [-0.39, 0.29) is 0 Å². The summed E-state index contributed by atoms with van der Waals surface area (Å²) in [4.78, 5) is 4.00. The Morgan fingerprint density at radius 3 is 2.83 bits per heavy atom. The van der Waals surface area contributed by atoms with Crippen molar-refractivity contribution < 1.29 is 0 Å². The van der Waals surface area contributed by atoms with E-state index in [0.29, 0.717) is 0 Å². The van der Waals surface area contributed by atoms with E-state index < -0.39 is 0 Å². The van der Waals surface area contributed by atoms with E-state index in [2.05, 4.69) is 15.5 Å². The molecule has 12 heavy (non-hydrogen) atoms. The number of allylic oxidation sites excluding steroid dienone is 2. The second-order valence-corrected chi connectivity index (χ2v) is 2.61. The van der Waals surface area contributed by atoms with Crippen LogP contribution in [0.15, 0.2) is 41.4 Å². The van der Waals surface area contributed by atoms with Crippen LogP contribution in [-0.4, -0.2) is 10.7 Å². The van der Waals surface area contributed by atoms with Crippen LogP contribution >= 0.6 is 0 Å². The highest BCUT2D eigenvalue weighted by Crippen LogP contribution is 2.07. The summed E-state index contributed by atoms with van der Waals surface area (Å²) in [6.07, 6.45) is 5.47. The molecule has 0 amide bonds. The lowest BCUT2D eigenvalue weighted by Crippen LogP contribution is -1.94. The van der Waals surface area contributed by atoms with Gasteiger partial charge in [-0.05, 0) is 25.1 Å². The zero-order valence-electron chi connectivity index (χ0n) is 6.73. The average Bonchev–Trinajstić information content (AvgIpc) is 2.54. The van der Waals surface area contributed by atoms with Crippen molar-refractivity contribution in [1.29, 1.82) is 0 Å². The second kappa shape index (κ2) is 2.77. The van der Waals surface area contributed by atoms with Gasteiger partial charge in [0.15, 0.2) is 0 Å². The zero-order valence-corrected chi connectivity index (χ0v) is 6.73. The predicted octanol–water partition coefficient (Wildman–Crippen LogP) is 1.31. The maximum Gasteiger partial charge on any atom is 0.0963 e. The summed E-state index contributed by atoms with van der Waals surface area (Å²) < 4.78 is 0. The molecule has 0 spiro atoms. The molecule has 3 nitrogen and oxygen atoms in total. The Morgan fingerprint density at radius 1 is 1.33 bits per heavy atom. The minimum absolute atomic E-state index is 0.889. The minimum atomic E-state index is 0.889. The molecule has 2 rings (SSSR count). The summed E-state index contributed by atoms with van der Waals surface area (Å²) in [7, 11) is 0. The van der Waals surface area contributed by atoms with Gasteiger partial charge < -0.3 is 0 Å². The molecule has 0 aromatic carbocycles. The van der Waals surface area contributed by atoms with E-state index >= 15 is 0 Å². The van der Waals surface area contributed by atoms with Gasteiger partial charge in [0.2, 0.25) is 0 Å². The molecule has 3 heteroatoms. The lowest BCUT2D eigenvalue weighted by atomic mass is 10.2. The van der Waals surface area contributed by atoms with Crippen molar-refractivity contribution in [3.63, 3.8) is 0 Å². The van der Waals surface area contributed by atoms with Crippen LogP contribution in [0.3, 0.4) is 0 Å². The lowest BCUT2D eigenvalue weighted by molar-refractivity contribution is 0.895. The first-order valence-electron chi connectivity index (χ1n) is 3.73. The average molecular weight is 158 g/mol. The molecular weight excluding hydrogens is 150 g/mol. The molecule has 1 aliphatic heterocycles. The fourth-order valence-electron chi connectivity index (χ4n) is 1.04. The Kier molecular flexibility index (Phi) is 1.63. The third-order valence-electron chi connectivity index (χ3n) is 1.62. The summed E-state index contributed by atoms with van der Waals surface area (Å²) in [6, 6.07) is 3.86. The zero-order chi connectivity index (χ0) is 8.39. The van der Waals surface area contributed by atoms with Gasteiger partial charge in [0.05, 0.1) is 11.4 Å². The van der Waals surface area contributed by atoms with Crippen LogP contribution in [0.5, 0.6) is 0 Å². The van der Waals surface area contributed by atoms with E-state index in [1.54, 1.807) is 12.4 Å². The smallest absolute Gasteiger partial charge is 0.0963 e. The third kappa shape index (κ3) is 1.21. The van der Waals surface area contributed by atoms with Crippen LogP contribution in [0, 0.1) is 0 Å². The van der Waals surface area contributed by atoms with Crippen molar-refractivity contribution >= 4 is 5.71 Å². The monoisotopic (exact) mass is 158 g/mol. The summed E-state index contributed by atoms with van der Waals surface area (Å²) in [5, 5.41) is 4.00. The number of pyridine rings is 1. The number of rotatable bonds is 1. The van der Waals surface area contributed by atoms with Gasteiger partial charge in [-0.3, -0.25) is 4.98 Å². The molecule has 2 heterocycles.